The van der Waals surface area contributed by atoms with Crippen LogP contribution in [0.1, 0.15) is 35.3 Å². The molecule has 0 atom stereocenters. The Bertz CT molecular complexity index is 782. The van der Waals surface area contributed by atoms with Gasteiger partial charge in [0.25, 0.3) is 5.91 Å². The van der Waals surface area contributed by atoms with Crippen LogP contribution in [0.5, 0.6) is 5.75 Å². The Hall–Kier alpha value is -2.62. The summed E-state index contributed by atoms with van der Waals surface area (Å²) in [6.07, 6.45) is 1.71. The van der Waals surface area contributed by atoms with Gasteiger partial charge in [-0.05, 0) is 61.2 Å². The summed E-state index contributed by atoms with van der Waals surface area (Å²) in [6, 6.07) is 13.3. The van der Waals surface area contributed by atoms with Gasteiger partial charge in [0.15, 0.2) is 12.4 Å². The van der Waals surface area contributed by atoms with Gasteiger partial charge >= 0.3 is 0 Å². The third-order valence-corrected chi connectivity index (χ3v) is 4.35. The maximum atomic E-state index is 12.5. The number of carbonyl (C=O) groups excluding carboxylic acids is 2. The number of hydrogen-bond acceptors (Lipinski definition) is 3. The molecule has 1 amide bonds. The largest absolute Gasteiger partial charge is 0.484 e. The average Bonchev–Trinajstić information content (AvgIpc) is 3.03. The van der Waals surface area contributed by atoms with Gasteiger partial charge in [0, 0.05) is 17.8 Å². The van der Waals surface area contributed by atoms with Crippen LogP contribution in [0.25, 0.3) is 0 Å². The van der Waals surface area contributed by atoms with Crippen LogP contribution in [0.2, 0.25) is 0 Å². The number of rotatable bonds is 5. The van der Waals surface area contributed by atoms with Crippen molar-refractivity contribution >= 4 is 17.4 Å². The van der Waals surface area contributed by atoms with E-state index in [1.54, 1.807) is 17.9 Å². The first-order chi connectivity index (χ1) is 11.6. The Labute approximate surface area is 142 Å². The molecule has 2 aromatic rings. The van der Waals surface area contributed by atoms with Gasteiger partial charge in [-0.2, -0.15) is 0 Å². The highest BCUT2D eigenvalue weighted by atomic mass is 16.5. The lowest BCUT2D eigenvalue weighted by Crippen LogP contribution is -2.33. The number of benzene rings is 2. The van der Waals surface area contributed by atoms with Crippen molar-refractivity contribution in [3.8, 4) is 5.75 Å². The Kier molecular flexibility index (Phi) is 4.65. The van der Waals surface area contributed by atoms with Crippen molar-refractivity contribution < 1.29 is 14.3 Å². The molecule has 2 aromatic carbocycles. The Morgan fingerprint density at radius 3 is 2.75 bits per heavy atom. The molecule has 1 aliphatic rings. The molecule has 124 valence electrons. The quantitative estimate of drug-likeness (QED) is 0.792. The zero-order valence-electron chi connectivity index (χ0n) is 14.0. The van der Waals surface area contributed by atoms with E-state index in [0.29, 0.717) is 17.9 Å². The summed E-state index contributed by atoms with van der Waals surface area (Å²) >= 11 is 0. The minimum absolute atomic E-state index is 0.0149. The molecule has 0 saturated carbocycles. The number of ether oxygens (including phenoxy) is 1. The number of hydrogen-bond donors (Lipinski definition) is 0. The highest BCUT2D eigenvalue weighted by molar-refractivity contribution is 5.99. The van der Waals surface area contributed by atoms with E-state index in [1.807, 2.05) is 36.4 Å². The van der Waals surface area contributed by atoms with Crippen molar-refractivity contribution in [1.82, 2.24) is 0 Å². The molecule has 0 spiro atoms. The van der Waals surface area contributed by atoms with Gasteiger partial charge < -0.3 is 9.64 Å². The molecule has 4 nitrogen and oxygen atoms in total. The number of anilines is 1. The molecule has 0 unspecified atom stereocenters. The molecule has 0 N–H and O–H groups in total. The molecule has 1 heterocycles. The summed E-state index contributed by atoms with van der Waals surface area (Å²) in [5.74, 6) is 0.696. The second kappa shape index (κ2) is 6.87. The molecule has 0 aromatic heterocycles. The number of aryl methyl sites for hydroxylation is 1. The molecule has 0 saturated heterocycles. The fourth-order valence-corrected chi connectivity index (χ4v) is 2.96. The van der Waals surface area contributed by atoms with Crippen LogP contribution in [0.4, 0.5) is 5.69 Å². The van der Waals surface area contributed by atoms with Crippen molar-refractivity contribution in [1.29, 1.82) is 0 Å². The summed E-state index contributed by atoms with van der Waals surface area (Å²) in [6.45, 7) is 4.29. The molecule has 3 rings (SSSR count). The number of nitrogens with zero attached hydrogens (tertiary/aromatic N) is 1. The van der Waals surface area contributed by atoms with E-state index in [0.717, 1.165) is 24.1 Å². The lowest BCUT2D eigenvalue weighted by molar-refractivity contribution is -0.120. The van der Waals surface area contributed by atoms with Gasteiger partial charge in [-0.1, -0.05) is 19.1 Å². The van der Waals surface area contributed by atoms with Crippen LogP contribution in [-0.2, 0) is 17.6 Å². The van der Waals surface area contributed by atoms with Gasteiger partial charge in [-0.25, -0.2) is 0 Å². The summed E-state index contributed by atoms with van der Waals surface area (Å²) in [7, 11) is 0. The summed E-state index contributed by atoms with van der Waals surface area (Å²) < 4.78 is 5.65. The van der Waals surface area contributed by atoms with Crippen molar-refractivity contribution in [3.05, 3.63) is 59.2 Å². The minimum Gasteiger partial charge on any atom is -0.484 e. The minimum atomic E-state index is -0.0637. The van der Waals surface area contributed by atoms with Crippen LogP contribution >= 0.6 is 0 Å². The SMILES string of the molecule is CCc1cccc(OCC(=O)N2CCc3cc(C(C)=O)ccc32)c1. The third-order valence-electron chi connectivity index (χ3n) is 4.35. The topological polar surface area (TPSA) is 46.6 Å². The number of fused-ring (bicyclic) bond motifs is 1. The van der Waals surface area contributed by atoms with Gasteiger partial charge in [0.2, 0.25) is 0 Å². The van der Waals surface area contributed by atoms with E-state index in [-0.39, 0.29) is 18.3 Å². The zero-order chi connectivity index (χ0) is 17.1. The number of ketones is 1. The number of carbonyl (C=O) groups is 2. The van der Waals surface area contributed by atoms with Gasteiger partial charge in [-0.15, -0.1) is 0 Å². The second-order valence-electron chi connectivity index (χ2n) is 5.98. The van der Waals surface area contributed by atoms with Crippen LogP contribution in [-0.4, -0.2) is 24.8 Å². The van der Waals surface area contributed by atoms with E-state index < -0.39 is 0 Å². The molecule has 0 aliphatic carbocycles. The third kappa shape index (κ3) is 3.32. The van der Waals surface area contributed by atoms with Crippen LogP contribution in [0.3, 0.4) is 0 Å². The fraction of sp³-hybridized carbons (Fsp3) is 0.300. The summed E-state index contributed by atoms with van der Waals surface area (Å²) in [5.41, 5.74) is 3.80. The van der Waals surface area contributed by atoms with Crippen LogP contribution in [0, 0.1) is 0 Å². The predicted octanol–water partition coefficient (Wildman–Crippen LogP) is 3.42. The highest BCUT2D eigenvalue weighted by Crippen LogP contribution is 2.29. The highest BCUT2D eigenvalue weighted by Gasteiger charge is 2.25. The predicted molar refractivity (Wildman–Crippen MR) is 93.8 cm³/mol. The Morgan fingerprint density at radius 2 is 2.00 bits per heavy atom. The van der Waals surface area contributed by atoms with E-state index in [4.69, 9.17) is 4.74 Å². The monoisotopic (exact) mass is 323 g/mol. The van der Waals surface area contributed by atoms with Gasteiger partial charge in [0.1, 0.15) is 5.75 Å². The Balaban J connectivity index is 1.68. The molecular formula is C20H21NO3. The number of amides is 1. The normalized spacial score (nSPS) is 12.8. The molecule has 1 aliphatic heterocycles. The van der Waals surface area contributed by atoms with Crippen molar-refractivity contribution in [2.24, 2.45) is 0 Å². The average molecular weight is 323 g/mol. The Morgan fingerprint density at radius 1 is 1.17 bits per heavy atom. The van der Waals surface area contributed by atoms with Crippen LogP contribution in [0.15, 0.2) is 42.5 Å². The van der Waals surface area contributed by atoms with Crippen LogP contribution < -0.4 is 9.64 Å². The smallest absolute Gasteiger partial charge is 0.264 e. The molecule has 24 heavy (non-hydrogen) atoms. The van der Waals surface area contributed by atoms with E-state index in [9.17, 15) is 9.59 Å². The zero-order valence-corrected chi connectivity index (χ0v) is 14.0. The first-order valence-corrected chi connectivity index (χ1v) is 8.24. The first kappa shape index (κ1) is 16.2. The van der Waals surface area contributed by atoms with E-state index in [2.05, 4.69) is 6.92 Å². The van der Waals surface area contributed by atoms with Gasteiger partial charge in [0.05, 0.1) is 0 Å². The maximum absolute atomic E-state index is 12.5. The maximum Gasteiger partial charge on any atom is 0.264 e. The van der Waals surface area contributed by atoms with Crippen molar-refractivity contribution in [2.45, 2.75) is 26.7 Å². The van der Waals surface area contributed by atoms with Gasteiger partial charge in [-0.3, -0.25) is 9.59 Å². The first-order valence-electron chi connectivity index (χ1n) is 8.24. The van der Waals surface area contributed by atoms with Crippen molar-refractivity contribution in [2.75, 3.05) is 18.1 Å². The van der Waals surface area contributed by atoms with E-state index in [1.165, 1.54) is 5.56 Å². The molecule has 0 radical (unpaired) electrons. The molecule has 0 fully saturated rings. The van der Waals surface area contributed by atoms with Crippen molar-refractivity contribution in [3.63, 3.8) is 0 Å². The second-order valence-corrected chi connectivity index (χ2v) is 5.98. The molecular weight excluding hydrogens is 302 g/mol. The van der Waals surface area contributed by atoms with E-state index >= 15 is 0 Å². The summed E-state index contributed by atoms with van der Waals surface area (Å²) in [4.78, 5) is 25.7. The molecule has 4 heteroatoms. The summed E-state index contributed by atoms with van der Waals surface area (Å²) in [5, 5.41) is 0. The lowest BCUT2D eigenvalue weighted by atomic mass is 10.1. The standard InChI is InChI=1S/C20H21NO3/c1-3-15-5-4-6-18(11-15)24-13-20(23)21-10-9-17-12-16(14(2)22)7-8-19(17)21/h4-8,11-12H,3,9-10,13H2,1-2H3. The lowest BCUT2D eigenvalue weighted by Gasteiger charge is -2.18. The molecule has 0 bridgehead atoms. The number of Topliss-reactive ketones (excluding diaryl/α,β-unsaturated/α-hetero) is 1. The fourth-order valence-electron chi connectivity index (χ4n) is 2.96.